The van der Waals surface area contributed by atoms with Crippen molar-refractivity contribution in [2.24, 2.45) is 0 Å². The van der Waals surface area contributed by atoms with E-state index in [0.717, 1.165) is 20.6 Å². The molecule has 0 heterocycles. The first kappa shape index (κ1) is 26.4. The maximum Gasteiger partial charge on any atom is 0.244 e. The molecule has 2 aromatic carbocycles. The summed E-state index contributed by atoms with van der Waals surface area (Å²) < 4.78 is 26.8. The predicted molar refractivity (Wildman–Crippen MR) is 131 cm³/mol. The monoisotopic (exact) mass is 563 g/mol. The number of nitrogens with zero attached hydrogens (tertiary/aromatic N) is 2. The van der Waals surface area contributed by atoms with Crippen molar-refractivity contribution in [3.63, 3.8) is 0 Å². The Morgan fingerprint density at radius 2 is 1.72 bits per heavy atom. The van der Waals surface area contributed by atoms with Gasteiger partial charge >= 0.3 is 0 Å². The van der Waals surface area contributed by atoms with Crippen molar-refractivity contribution in [2.45, 2.75) is 26.4 Å². The summed E-state index contributed by atoms with van der Waals surface area (Å²) in [5.74, 6) is -0.874. The van der Waals surface area contributed by atoms with Gasteiger partial charge in [0.1, 0.15) is 12.6 Å². The fourth-order valence-electron chi connectivity index (χ4n) is 2.94. The summed E-state index contributed by atoms with van der Waals surface area (Å²) in [6.07, 6.45) is 0.995. The molecule has 1 unspecified atom stereocenters. The highest BCUT2D eigenvalue weighted by molar-refractivity contribution is 9.10. The van der Waals surface area contributed by atoms with Crippen LogP contribution in [0.2, 0.25) is 10.0 Å². The van der Waals surface area contributed by atoms with Crippen LogP contribution in [0.1, 0.15) is 19.4 Å². The van der Waals surface area contributed by atoms with Gasteiger partial charge in [-0.15, -0.1) is 0 Å². The molecule has 0 fully saturated rings. The Bertz CT molecular complexity index is 1080. The van der Waals surface area contributed by atoms with Gasteiger partial charge in [0.05, 0.1) is 22.0 Å². The first-order valence-corrected chi connectivity index (χ1v) is 13.1. The quantitative estimate of drug-likeness (QED) is 0.497. The number of carbonyl (C=O) groups is 2. The average molecular weight is 565 g/mol. The first-order valence-electron chi connectivity index (χ1n) is 9.68. The Labute approximate surface area is 206 Å². The minimum absolute atomic E-state index is 0.128. The summed E-state index contributed by atoms with van der Waals surface area (Å²) in [5.41, 5.74) is 0.989. The van der Waals surface area contributed by atoms with E-state index in [-0.39, 0.29) is 28.2 Å². The number of hydrogen-bond donors (Lipinski definition) is 1. The van der Waals surface area contributed by atoms with Crippen LogP contribution in [0.15, 0.2) is 46.9 Å². The number of likely N-dealkylation sites (N-methyl/N-ethyl adjacent to an activating group) is 1. The van der Waals surface area contributed by atoms with Gasteiger partial charge in [0.25, 0.3) is 0 Å². The number of halogens is 3. The normalized spacial score (nSPS) is 12.2. The van der Waals surface area contributed by atoms with Crippen LogP contribution in [0.4, 0.5) is 5.69 Å². The van der Waals surface area contributed by atoms with Crippen molar-refractivity contribution in [1.29, 1.82) is 0 Å². The maximum atomic E-state index is 13.3. The van der Waals surface area contributed by atoms with E-state index in [0.29, 0.717) is 6.54 Å². The lowest BCUT2D eigenvalue weighted by Crippen LogP contribution is -2.51. The van der Waals surface area contributed by atoms with Crippen LogP contribution in [0.3, 0.4) is 0 Å². The Balaban J connectivity index is 2.39. The molecule has 0 spiro atoms. The lowest BCUT2D eigenvalue weighted by Gasteiger charge is -2.31. The van der Waals surface area contributed by atoms with Gasteiger partial charge in [-0.25, -0.2) is 8.42 Å². The molecule has 0 radical (unpaired) electrons. The number of hydrogen-bond acceptors (Lipinski definition) is 4. The third-order valence-electron chi connectivity index (χ3n) is 4.65. The number of sulfonamides is 1. The number of benzene rings is 2. The zero-order valence-corrected chi connectivity index (χ0v) is 21.7. The molecule has 32 heavy (non-hydrogen) atoms. The van der Waals surface area contributed by atoms with Gasteiger partial charge in [-0.2, -0.15) is 0 Å². The van der Waals surface area contributed by atoms with Gasteiger partial charge in [0.15, 0.2) is 0 Å². The molecule has 0 saturated heterocycles. The lowest BCUT2D eigenvalue weighted by molar-refractivity contribution is -0.139. The first-order chi connectivity index (χ1) is 14.9. The highest BCUT2D eigenvalue weighted by Gasteiger charge is 2.30. The van der Waals surface area contributed by atoms with E-state index >= 15 is 0 Å². The highest BCUT2D eigenvalue weighted by Crippen LogP contribution is 2.28. The van der Waals surface area contributed by atoms with E-state index < -0.39 is 28.5 Å². The standard InChI is InChI=1S/C21H24BrCl2N3O4S/c1-4-25-21(29)14(2)26(12-15-5-7-16(22)8-6-15)20(28)13-27(32(3,30)31)17-9-10-18(23)19(24)11-17/h5-11,14H,4,12-13H2,1-3H3,(H,25,29). The van der Waals surface area contributed by atoms with Gasteiger partial charge in [-0.05, 0) is 49.7 Å². The number of anilines is 1. The smallest absolute Gasteiger partial charge is 0.244 e. The SMILES string of the molecule is CCNC(=O)C(C)N(Cc1ccc(Br)cc1)C(=O)CN(c1ccc(Cl)c(Cl)c1)S(C)(=O)=O. The van der Waals surface area contributed by atoms with Crippen LogP contribution in [-0.2, 0) is 26.2 Å². The molecule has 1 atom stereocenters. The second-order valence-electron chi connectivity index (χ2n) is 7.09. The van der Waals surface area contributed by atoms with Crippen molar-refractivity contribution < 1.29 is 18.0 Å². The van der Waals surface area contributed by atoms with Crippen molar-refractivity contribution in [3.05, 3.63) is 62.5 Å². The van der Waals surface area contributed by atoms with Crippen molar-refractivity contribution >= 4 is 66.7 Å². The summed E-state index contributed by atoms with van der Waals surface area (Å²) in [6, 6.07) is 10.8. The molecule has 2 rings (SSSR count). The van der Waals surface area contributed by atoms with Crippen LogP contribution < -0.4 is 9.62 Å². The van der Waals surface area contributed by atoms with Gasteiger partial charge in [-0.3, -0.25) is 13.9 Å². The second-order valence-corrected chi connectivity index (χ2v) is 10.7. The molecular formula is C21H24BrCl2N3O4S. The van der Waals surface area contributed by atoms with E-state index in [1.165, 1.54) is 23.1 Å². The third kappa shape index (κ3) is 7.10. The van der Waals surface area contributed by atoms with E-state index in [2.05, 4.69) is 21.2 Å². The topological polar surface area (TPSA) is 86.8 Å². The minimum atomic E-state index is -3.83. The van der Waals surface area contributed by atoms with Gasteiger partial charge in [-0.1, -0.05) is 51.3 Å². The minimum Gasteiger partial charge on any atom is -0.355 e. The van der Waals surface area contributed by atoms with Gasteiger partial charge < -0.3 is 10.2 Å². The molecule has 2 aromatic rings. The number of carbonyl (C=O) groups excluding carboxylic acids is 2. The molecule has 0 aliphatic rings. The maximum absolute atomic E-state index is 13.3. The molecule has 1 N–H and O–H groups in total. The molecule has 0 aliphatic carbocycles. The zero-order chi connectivity index (χ0) is 24.1. The fraction of sp³-hybridized carbons (Fsp3) is 0.333. The third-order valence-corrected chi connectivity index (χ3v) is 7.06. The predicted octanol–water partition coefficient (Wildman–Crippen LogP) is 4.08. The molecule has 0 aliphatic heterocycles. The Kier molecular flexibility index (Phi) is 9.39. The summed E-state index contributed by atoms with van der Waals surface area (Å²) in [7, 11) is -3.83. The van der Waals surface area contributed by atoms with Crippen LogP contribution in [0, 0.1) is 0 Å². The number of nitrogens with one attached hydrogen (secondary N) is 1. The van der Waals surface area contributed by atoms with E-state index in [1.54, 1.807) is 13.8 Å². The summed E-state index contributed by atoms with van der Waals surface area (Å²) in [4.78, 5) is 27.2. The Morgan fingerprint density at radius 3 is 2.25 bits per heavy atom. The average Bonchev–Trinajstić information content (AvgIpc) is 2.72. The van der Waals surface area contributed by atoms with Gasteiger partial charge in [0, 0.05) is 17.6 Å². The largest absolute Gasteiger partial charge is 0.355 e. The molecule has 174 valence electrons. The molecule has 0 aromatic heterocycles. The molecule has 2 amide bonds. The fourth-order valence-corrected chi connectivity index (χ4v) is 4.34. The molecule has 7 nitrogen and oxygen atoms in total. The summed E-state index contributed by atoms with van der Waals surface area (Å²) in [5, 5.41) is 3.12. The molecule has 11 heteroatoms. The summed E-state index contributed by atoms with van der Waals surface area (Å²) in [6.45, 7) is 3.41. The lowest BCUT2D eigenvalue weighted by atomic mass is 10.1. The van der Waals surface area contributed by atoms with Crippen molar-refractivity contribution in [2.75, 3.05) is 23.7 Å². The Morgan fingerprint density at radius 1 is 1.09 bits per heavy atom. The summed E-state index contributed by atoms with van der Waals surface area (Å²) >= 11 is 15.4. The van der Waals surface area contributed by atoms with Crippen molar-refractivity contribution in [1.82, 2.24) is 10.2 Å². The zero-order valence-electron chi connectivity index (χ0n) is 17.8. The van der Waals surface area contributed by atoms with Gasteiger partial charge in [0.2, 0.25) is 21.8 Å². The highest BCUT2D eigenvalue weighted by atomic mass is 79.9. The number of amides is 2. The van der Waals surface area contributed by atoms with E-state index in [4.69, 9.17) is 23.2 Å². The van der Waals surface area contributed by atoms with E-state index in [1.807, 2.05) is 24.3 Å². The van der Waals surface area contributed by atoms with E-state index in [9.17, 15) is 18.0 Å². The van der Waals surface area contributed by atoms with Crippen LogP contribution in [-0.4, -0.2) is 50.5 Å². The Hall–Kier alpha value is -1.81. The molecule has 0 saturated carbocycles. The molecular weight excluding hydrogens is 541 g/mol. The second kappa shape index (κ2) is 11.4. The van der Waals surface area contributed by atoms with Crippen LogP contribution in [0.25, 0.3) is 0 Å². The van der Waals surface area contributed by atoms with Crippen molar-refractivity contribution in [3.8, 4) is 0 Å². The van der Waals surface area contributed by atoms with Crippen LogP contribution in [0.5, 0.6) is 0 Å². The molecule has 0 bridgehead atoms. The number of rotatable bonds is 9. The van der Waals surface area contributed by atoms with Crippen LogP contribution >= 0.6 is 39.1 Å².